The lowest BCUT2D eigenvalue weighted by Crippen LogP contribution is -1.91. The van der Waals surface area contributed by atoms with Gasteiger partial charge in [0.2, 0.25) is 0 Å². The predicted molar refractivity (Wildman–Crippen MR) is 64.8 cm³/mol. The molecule has 1 heterocycles. The molecule has 2 rings (SSSR count). The molecule has 17 heavy (non-hydrogen) atoms. The van der Waals surface area contributed by atoms with Gasteiger partial charge in [-0.3, -0.25) is 0 Å². The second-order valence-electron chi connectivity index (χ2n) is 3.64. The Hall–Kier alpha value is -1.55. The van der Waals surface area contributed by atoms with Crippen molar-refractivity contribution in [2.75, 3.05) is 7.11 Å². The van der Waals surface area contributed by atoms with Crippen molar-refractivity contribution in [1.82, 2.24) is 9.97 Å². The highest BCUT2D eigenvalue weighted by atomic mass is 35.5. The molecule has 0 radical (unpaired) electrons. The molecule has 1 N–H and O–H groups in total. The van der Waals surface area contributed by atoms with E-state index in [1.165, 1.54) is 12.1 Å². The number of rotatable bonds is 3. The number of alkyl halides is 1. The first kappa shape index (κ1) is 11.9. The molecule has 0 atom stereocenters. The maximum atomic E-state index is 13.3. The first-order valence-electron chi connectivity index (χ1n) is 5.11. The van der Waals surface area contributed by atoms with Gasteiger partial charge in [0, 0.05) is 11.3 Å². The van der Waals surface area contributed by atoms with E-state index in [-0.39, 0.29) is 5.82 Å². The Morgan fingerprint density at radius 1 is 1.47 bits per heavy atom. The third-order valence-corrected chi connectivity index (χ3v) is 2.73. The van der Waals surface area contributed by atoms with Gasteiger partial charge in [0.15, 0.2) is 0 Å². The minimum absolute atomic E-state index is 0.290. The first-order chi connectivity index (χ1) is 8.15. The molecule has 0 unspecified atom stereocenters. The minimum Gasteiger partial charge on any atom is -0.496 e. The van der Waals surface area contributed by atoms with E-state index in [0.717, 1.165) is 5.69 Å². The van der Waals surface area contributed by atoms with Gasteiger partial charge < -0.3 is 9.72 Å². The lowest BCUT2D eigenvalue weighted by atomic mass is 10.1. The van der Waals surface area contributed by atoms with Crippen LogP contribution in [0.3, 0.4) is 0 Å². The van der Waals surface area contributed by atoms with Gasteiger partial charge in [-0.25, -0.2) is 9.37 Å². The summed E-state index contributed by atoms with van der Waals surface area (Å²) < 4.78 is 18.5. The highest BCUT2D eigenvalue weighted by Gasteiger charge is 2.14. The Kier molecular flexibility index (Phi) is 3.33. The third kappa shape index (κ3) is 2.26. The molecule has 0 amide bonds. The van der Waals surface area contributed by atoms with Crippen LogP contribution in [0.4, 0.5) is 4.39 Å². The number of halogens is 2. The topological polar surface area (TPSA) is 37.9 Å². The zero-order chi connectivity index (χ0) is 12.4. The molecule has 0 aliphatic heterocycles. The van der Waals surface area contributed by atoms with E-state index in [4.69, 9.17) is 16.3 Å². The first-order valence-corrected chi connectivity index (χ1v) is 5.64. The van der Waals surface area contributed by atoms with Crippen molar-refractivity contribution in [3.05, 3.63) is 35.5 Å². The van der Waals surface area contributed by atoms with Crippen LogP contribution >= 0.6 is 11.6 Å². The fourth-order valence-corrected chi connectivity index (χ4v) is 1.84. The Bertz CT molecular complexity index is 539. The molecule has 0 spiro atoms. The zero-order valence-corrected chi connectivity index (χ0v) is 10.3. The standard InChI is InChI=1S/C12H12ClFN2O/c1-7-12(16-11(6-13)15-7)9-5-8(14)3-4-10(9)17-2/h3-5H,6H2,1-2H3,(H,15,16). The number of aromatic nitrogens is 2. The van der Waals surface area contributed by atoms with Crippen LogP contribution < -0.4 is 4.74 Å². The van der Waals surface area contributed by atoms with Gasteiger partial charge in [-0.2, -0.15) is 0 Å². The zero-order valence-electron chi connectivity index (χ0n) is 9.55. The number of ether oxygens (including phenoxy) is 1. The number of aryl methyl sites for hydroxylation is 1. The number of aromatic amines is 1. The van der Waals surface area contributed by atoms with Crippen molar-refractivity contribution in [3.63, 3.8) is 0 Å². The summed E-state index contributed by atoms with van der Waals surface area (Å²) in [6, 6.07) is 4.34. The smallest absolute Gasteiger partial charge is 0.128 e. The predicted octanol–water partition coefficient (Wildman–Crippen LogP) is 3.27. The Morgan fingerprint density at radius 2 is 2.24 bits per heavy atom. The molecule has 90 valence electrons. The number of nitrogens with one attached hydrogen (secondary N) is 1. The monoisotopic (exact) mass is 254 g/mol. The summed E-state index contributed by atoms with van der Waals surface area (Å²) in [4.78, 5) is 7.36. The van der Waals surface area contributed by atoms with Crippen molar-refractivity contribution < 1.29 is 9.13 Å². The summed E-state index contributed by atoms with van der Waals surface area (Å²) in [7, 11) is 1.54. The second kappa shape index (κ2) is 4.75. The summed E-state index contributed by atoms with van der Waals surface area (Å²) in [5, 5.41) is 0. The van der Waals surface area contributed by atoms with E-state index < -0.39 is 0 Å². The van der Waals surface area contributed by atoms with Crippen LogP contribution in [0, 0.1) is 12.7 Å². The lowest BCUT2D eigenvalue weighted by molar-refractivity contribution is 0.415. The highest BCUT2D eigenvalue weighted by molar-refractivity contribution is 6.16. The van der Waals surface area contributed by atoms with Crippen LogP contribution in [0.15, 0.2) is 18.2 Å². The SMILES string of the molecule is COc1ccc(F)cc1-c1nc(CCl)[nH]c1C. The number of methoxy groups -OCH3 is 1. The molecule has 0 fully saturated rings. The van der Waals surface area contributed by atoms with Crippen LogP contribution in [-0.2, 0) is 5.88 Å². The maximum absolute atomic E-state index is 13.3. The van der Waals surface area contributed by atoms with Crippen LogP contribution in [0.5, 0.6) is 5.75 Å². The average Bonchev–Trinajstić information content (AvgIpc) is 2.70. The van der Waals surface area contributed by atoms with E-state index in [9.17, 15) is 4.39 Å². The van der Waals surface area contributed by atoms with Crippen molar-refractivity contribution in [2.45, 2.75) is 12.8 Å². The van der Waals surface area contributed by atoms with Crippen molar-refractivity contribution in [2.24, 2.45) is 0 Å². The lowest BCUT2D eigenvalue weighted by Gasteiger charge is -2.06. The molecule has 0 saturated carbocycles. The summed E-state index contributed by atoms with van der Waals surface area (Å²) in [5.41, 5.74) is 2.12. The van der Waals surface area contributed by atoms with E-state index in [1.54, 1.807) is 13.2 Å². The third-order valence-electron chi connectivity index (χ3n) is 2.48. The van der Waals surface area contributed by atoms with Crippen molar-refractivity contribution in [1.29, 1.82) is 0 Å². The molecule has 2 aromatic rings. The van der Waals surface area contributed by atoms with Gasteiger partial charge in [0.05, 0.1) is 18.7 Å². The molecule has 0 bridgehead atoms. The number of hydrogen-bond donors (Lipinski definition) is 1. The van der Waals surface area contributed by atoms with E-state index in [2.05, 4.69) is 9.97 Å². The number of imidazole rings is 1. The van der Waals surface area contributed by atoms with Gasteiger partial charge >= 0.3 is 0 Å². The second-order valence-corrected chi connectivity index (χ2v) is 3.90. The summed E-state index contributed by atoms with van der Waals surface area (Å²) in [5.74, 6) is 1.21. The van der Waals surface area contributed by atoms with Crippen LogP contribution in [0.2, 0.25) is 0 Å². The molecule has 1 aromatic carbocycles. The van der Waals surface area contributed by atoms with Gasteiger partial charge in [-0.05, 0) is 25.1 Å². The molecule has 0 aliphatic rings. The van der Waals surface area contributed by atoms with Gasteiger partial charge in [0.25, 0.3) is 0 Å². The summed E-state index contributed by atoms with van der Waals surface area (Å²) in [6.45, 7) is 1.86. The van der Waals surface area contributed by atoms with E-state index in [0.29, 0.717) is 28.7 Å². The minimum atomic E-state index is -0.323. The fourth-order valence-electron chi connectivity index (χ4n) is 1.71. The number of nitrogens with zero attached hydrogens (tertiary/aromatic N) is 1. The Labute approximate surface area is 104 Å². The van der Waals surface area contributed by atoms with Gasteiger partial charge in [0.1, 0.15) is 17.4 Å². The fraction of sp³-hybridized carbons (Fsp3) is 0.250. The average molecular weight is 255 g/mol. The number of H-pyrrole nitrogens is 1. The molecule has 0 aliphatic carbocycles. The van der Waals surface area contributed by atoms with E-state index >= 15 is 0 Å². The Morgan fingerprint density at radius 3 is 2.82 bits per heavy atom. The quantitative estimate of drug-likeness (QED) is 0.854. The van der Waals surface area contributed by atoms with Gasteiger partial charge in [-0.1, -0.05) is 0 Å². The molecule has 5 heteroatoms. The summed E-state index contributed by atoms with van der Waals surface area (Å²) in [6.07, 6.45) is 0. The van der Waals surface area contributed by atoms with Crippen molar-refractivity contribution in [3.8, 4) is 17.0 Å². The van der Waals surface area contributed by atoms with Crippen LogP contribution in [0.1, 0.15) is 11.5 Å². The Balaban J connectivity index is 2.58. The van der Waals surface area contributed by atoms with E-state index in [1.807, 2.05) is 6.92 Å². The van der Waals surface area contributed by atoms with Crippen LogP contribution in [0.25, 0.3) is 11.3 Å². The number of benzene rings is 1. The molecular formula is C12H12ClFN2O. The molecule has 0 saturated heterocycles. The summed E-state index contributed by atoms with van der Waals surface area (Å²) >= 11 is 5.71. The van der Waals surface area contributed by atoms with Crippen LogP contribution in [-0.4, -0.2) is 17.1 Å². The molecule has 3 nitrogen and oxygen atoms in total. The maximum Gasteiger partial charge on any atom is 0.128 e. The van der Waals surface area contributed by atoms with Gasteiger partial charge in [-0.15, -0.1) is 11.6 Å². The normalized spacial score (nSPS) is 10.6. The highest BCUT2D eigenvalue weighted by Crippen LogP contribution is 2.31. The molecule has 1 aromatic heterocycles. The molecular weight excluding hydrogens is 243 g/mol. The largest absolute Gasteiger partial charge is 0.496 e. The number of hydrogen-bond acceptors (Lipinski definition) is 2. The van der Waals surface area contributed by atoms with Crippen molar-refractivity contribution >= 4 is 11.6 Å².